The lowest BCUT2D eigenvalue weighted by molar-refractivity contribution is 0.344. The van der Waals surface area contributed by atoms with Gasteiger partial charge in [-0.25, -0.2) is 4.68 Å². The first-order chi connectivity index (χ1) is 8.72. The van der Waals surface area contributed by atoms with Crippen molar-refractivity contribution < 1.29 is 0 Å². The molecule has 100 valence electrons. The zero-order chi connectivity index (χ0) is 12.7. The molecule has 0 spiro atoms. The topological polar surface area (TPSA) is 29.9 Å². The Labute approximate surface area is 117 Å². The van der Waals surface area contributed by atoms with E-state index in [4.69, 9.17) is 5.10 Å². The molecule has 0 bridgehead atoms. The Kier molecular flexibility index (Phi) is 3.39. The quantitative estimate of drug-likeness (QED) is 0.901. The Bertz CT molecular complexity index is 440. The Morgan fingerprint density at radius 3 is 3.11 bits per heavy atom. The summed E-state index contributed by atoms with van der Waals surface area (Å²) in [4.78, 5) is 0. The lowest BCUT2D eigenvalue weighted by Gasteiger charge is -2.28. The van der Waals surface area contributed by atoms with Crippen molar-refractivity contribution in [3.05, 3.63) is 10.2 Å². The van der Waals surface area contributed by atoms with E-state index in [1.807, 2.05) is 0 Å². The zero-order valence-electron chi connectivity index (χ0n) is 11.2. The highest BCUT2D eigenvalue weighted by Crippen LogP contribution is 2.44. The van der Waals surface area contributed by atoms with Crippen LogP contribution in [-0.2, 0) is 0 Å². The molecule has 0 aromatic carbocycles. The summed E-state index contributed by atoms with van der Waals surface area (Å²) < 4.78 is 3.47. The lowest BCUT2D eigenvalue weighted by Crippen LogP contribution is -2.29. The number of nitrogens with zero attached hydrogens (tertiary/aromatic N) is 2. The molecule has 1 N–H and O–H groups in total. The van der Waals surface area contributed by atoms with Gasteiger partial charge in [-0.1, -0.05) is 26.7 Å². The normalized spacial score (nSPS) is 27.5. The maximum Gasteiger partial charge on any atom is 0.139 e. The molecule has 1 aromatic heterocycles. The van der Waals surface area contributed by atoms with E-state index in [-0.39, 0.29) is 0 Å². The highest BCUT2D eigenvalue weighted by molar-refractivity contribution is 9.10. The van der Waals surface area contributed by atoms with E-state index in [1.165, 1.54) is 48.1 Å². The minimum absolute atomic E-state index is 0.545. The fraction of sp³-hybridized carbons (Fsp3) is 0.786. The molecule has 3 rings (SSSR count). The van der Waals surface area contributed by atoms with Crippen LogP contribution in [0, 0.1) is 5.92 Å². The van der Waals surface area contributed by atoms with Crippen LogP contribution in [0.25, 0.3) is 0 Å². The molecule has 1 fully saturated rings. The van der Waals surface area contributed by atoms with Gasteiger partial charge in [-0.3, -0.25) is 0 Å². The zero-order valence-corrected chi connectivity index (χ0v) is 12.8. The summed E-state index contributed by atoms with van der Waals surface area (Å²) >= 11 is 3.76. The molecule has 0 radical (unpaired) electrons. The fourth-order valence-electron chi connectivity index (χ4n) is 3.52. The van der Waals surface area contributed by atoms with E-state index in [1.54, 1.807) is 0 Å². The number of aromatic nitrogens is 2. The summed E-state index contributed by atoms with van der Waals surface area (Å²) in [7, 11) is 0. The third-order valence-electron chi connectivity index (χ3n) is 4.53. The predicted molar refractivity (Wildman–Crippen MR) is 78.1 cm³/mol. The van der Waals surface area contributed by atoms with Gasteiger partial charge in [0.2, 0.25) is 0 Å². The fourth-order valence-corrected chi connectivity index (χ4v) is 4.31. The average molecular weight is 312 g/mol. The van der Waals surface area contributed by atoms with Gasteiger partial charge in [-0.2, -0.15) is 5.10 Å². The minimum atomic E-state index is 0.545. The summed E-state index contributed by atoms with van der Waals surface area (Å²) in [5.41, 5.74) is 1.24. The monoisotopic (exact) mass is 311 g/mol. The maximum atomic E-state index is 4.92. The van der Waals surface area contributed by atoms with Gasteiger partial charge in [-0.15, -0.1) is 0 Å². The van der Waals surface area contributed by atoms with Crippen molar-refractivity contribution in [3.63, 3.8) is 0 Å². The van der Waals surface area contributed by atoms with E-state index in [9.17, 15) is 0 Å². The van der Waals surface area contributed by atoms with Crippen molar-refractivity contribution in [1.29, 1.82) is 0 Å². The van der Waals surface area contributed by atoms with Crippen molar-refractivity contribution in [2.75, 3.05) is 11.9 Å². The van der Waals surface area contributed by atoms with E-state index in [0.29, 0.717) is 12.0 Å². The molecule has 1 aromatic rings. The van der Waals surface area contributed by atoms with E-state index in [0.717, 1.165) is 12.5 Å². The van der Waals surface area contributed by atoms with Crippen LogP contribution in [0.2, 0.25) is 0 Å². The molecule has 3 atom stereocenters. The van der Waals surface area contributed by atoms with Gasteiger partial charge < -0.3 is 5.32 Å². The van der Waals surface area contributed by atoms with Gasteiger partial charge in [0.1, 0.15) is 5.82 Å². The van der Waals surface area contributed by atoms with Gasteiger partial charge in [0.15, 0.2) is 0 Å². The Morgan fingerprint density at radius 1 is 1.50 bits per heavy atom. The first-order valence-corrected chi connectivity index (χ1v) is 8.03. The van der Waals surface area contributed by atoms with Crippen molar-refractivity contribution in [2.45, 2.75) is 57.9 Å². The highest BCUT2D eigenvalue weighted by atomic mass is 79.9. The van der Waals surface area contributed by atoms with Gasteiger partial charge in [0.05, 0.1) is 16.2 Å². The molecule has 1 aliphatic carbocycles. The van der Waals surface area contributed by atoms with Gasteiger partial charge >= 0.3 is 0 Å². The molecule has 0 saturated heterocycles. The third-order valence-corrected chi connectivity index (χ3v) is 5.31. The Balaban J connectivity index is 1.95. The molecule has 2 heterocycles. The summed E-state index contributed by atoms with van der Waals surface area (Å²) in [5.74, 6) is 2.55. The smallest absolute Gasteiger partial charge is 0.139 e. The van der Waals surface area contributed by atoms with Crippen LogP contribution in [-0.4, -0.2) is 16.3 Å². The van der Waals surface area contributed by atoms with Crippen molar-refractivity contribution in [2.24, 2.45) is 5.92 Å². The summed E-state index contributed by atoms with van der Waals surface area (Å²) in [6, 6.07) is 0.639. The predicted octanol–water partition coefficient (Wildman–Crippen LogP) is 4.32. The van der Waals surface area contributed by atoms with E-state index >= 15 is 0 Å². The summed E-state index contributed by atoms with van der Waals surface area (Å²) in [6.45, 7) is 5.65. The minimum Gasteiger partial charge on any atom is -0.369 e. The SMILES string of the molecule is CCCC(C)c1nn2c(c1Br)NCC1CCCC12. The number of hydrogen-bond donors (Lipinski definition) is 1. The second kappa shape index (κ2) is 4.87. The van der Waals surface area contributed by atoms with Crippen LogP contribution in [0.1, 0.15) is 63.6 Å². The second-order valence-electron chi connectivity index (χ2n) is 5.82. The van der Waals surface area contributed by atoms with Crippen molar-refractivity contribution in [3.8, 4) is 0 Å². The summed E-state index contributed by atoms with van der Waals surface area (Å²) in [5, 5.41) is 8.49. The lowest BCUT2D eigenvalue weighted by atomic mass is 10.0. The Hall–Kier alpha value is -0.510. The standard InChI is InChI=1S/C14H22BrN3/c1-3-5-9(2)13-12(15)14-16-8-10-6-4-7-11(10)18(14)17-13/h9-11,16H,3-8H2,1-2H3. The van der Waals surface area contributed by atoms with Gasteiger partial charge in [0, 0.05) is 12.5 Å². The number of hydrogen-bond acceptors (Lipinski definition) is 2. The largest absolute Gasteiger partial charge is 0.369 e. The number of halogens is 1. The van der Waals surface area contributed by atoms with Gasteiger partial charge in [-0.05, 0) is 41.1 Å². The molecular formula is C14H22BrN3. The van der Waals surface area contributed by atoms with Crippen LogP contribution in [0.3, 0.4) is 0 Å². The number of anilines is 1. The molecule has 0 amide bonds. The highest BCUT2D eigenvalue weighted by Gasteiger charge is 2.36. The van der Waals surface area contributed by atoms with E-state index < -0.39 is 0 Å². The van der Waals surface area contributed by atoms with Gasteiger partial charge in [0.25, 0.3) is 0 Å². The maximum absolute atomic E-state index is 4.92. The molecule has 1 aliphatic heterocycles. The van der Waals surface area contributed by atoms with Crippen LogP contribution >= 0.6 is 15.9 Å². The van der Waals surface area contributed by atoms with Crippen LogP contribution in [0.15, 0.2) is 4.47 Å². The third kappa shape index (κ3) is 1.89. The number of fused-ring (bicyclic) bond motifs is 3. The first-order valence-electron chi connectivity index (χ1n) is 7.24. The number of nitrogens with one attached hydrogen (secondary N) is 1. The molecule has 1 saturated carbocycles. The van der Waals surface area contributed by atoms with Crippen LogP contribution < -0.4 is 5.32 Å². The van der Waals surface area contributed by atoms with Crippen molar-refractivity contribution in [1.82, 2.24) is 9.78 Å². The second-order valence-corrected chi connectivity index (χ2v) is 6.61. The first kappa shape index (κ1) is 12.5. The van der Waals surface area contributed by atoms with Crippen molar-refractivity contribution >= 4 is 21.7 Å². The molecule has 3 nitrogen and oxygen atoms in total. The molecule has 3 unspecified atom stereocenters. The number of rotatable bonds is 3. The Morgan fingerprint density at radius 2 is 2.33 bits per heavy atom. The van der Waals surface area contributed by atoms with E-state index in [2.05, 4.69) is 39.8 Å². The molecule has 4 heteroatoms. The molecular weight excluding hydrogens is 290 g/mol. The van der Waals surface area contributed by atoms with Crippen LogP contribution in [0.4, 0.5) is 5.82 Å². The molecule has 18 heavy (non-hydrogen) atoms. The molecule has 2 aliphatic rings. The van der Waals surface area contributed by atoms with Crippen LogP contribution in [0.5, 0.6) is 0 Å². The average Bonchev–Trinajstić information content (AvgIpc) is 2.93. The summed E-state index contributed by atoms with van der Waals surface area (Å²) in [6.07, 6.45) is 6.44.